The summed E-state index contributed by atoms with van der Waals surface area (Å²) in [6.45, 7) is 11.2. The summed E-state index contributed by atoms with van der Waals surface area (Å²) < 4.78 is 5.46. The first-order valence-electron chi connectivity index (χ1n) is 6.57. The van der Waals surface area contributed by atoms with E-state index in [1.165, 1.54) is 16.7 Å². The van der Waals surface area contributed by atoms with Gasteiger partial charge in [-0.05, 0) is 50.4 Å². The number of benzene rings is 1. The van der Waals surface area contributed by atoms with Gasteiger partial charge in [0.05, 0.1) is 0 Å². The molecule has 96 valence electrons. The third-order valence-corrected chi connectivity index (χ3v) is 3.23. The van der Waals surface area contributed by atoms with Crippen LogP contribution in [-0.2, 0) is 4.74 Å². The molecule has 1 aromatic carbocycles. The highest BCUT2D eigenvalue weighted by Crippen LogP contribution is 2.23. The molecule has 0 fully saturated rings. The quantitative estimate of drug-likeness (QED) is 0.732. The van der Waals surface area contributed by atoms with Crippen LogP contribution in [0, 0.1) is 13.8 Å². The molecule has 1 unspecified atom stereocenters. The molecule has 0 bridgehead atoms. The maximum atomic E-state index is 5.46. The van der Waals surface area contributed by atoms with Gasteiger partial charge in [-0.3, -0.25) is 0 Å². The SMILES string of the molecule is CCNC(CCOCC)c1cccc(C)c1C. The number of ether oxygens (including phenoxy) is 1. The molecule has 0 saturated heterocycles. The average molecular weight is 235 g/mol. The van der Waals surface area contributed by atoms with Crippen LogP contribution >= 0.6 is 0 Å². The molecule has 0 heterocycles. The molecule has 1 atom stereocenters. The van der Waals surface area contributed by atoms with E-state index in [1.807, 2.05) is 6.92 Å². The van der Waals surface area contributed by atoms with Crippen LogP contribution in [0.2, 0.25) is 0 Å². The second kappa shape index (κ2) is 7.46. The fraction of sp³-hybridized carbons (Fsp3) is 0.600. The second-order valence-electron chi connectivity index (χ2n) is 4.38. The number of hydrogen-bond donors (Lipinski definition) is 1. The number of rotatable bonds is 7. The molecule has 0 aliphatic rings. The van der Waals surface area contributed by atoms with Crippen LogP contribution in [0.25, 0.3) is 0 Å². The molecule has 1 N–H and O–H groups in total. The van der Waals surface area contributed by atoms with Crippen molar-refractivity contribution in [3.63, 3.8) is 0 Å². The van der Waals surface area contributed by atoms with Crippen molar-refractivity contribution in [2.45, 2.75) is 40.2 Å². The predicted octanol–water partition coefficient (Wildman–Crippen LogP) is 3.38. The lowest BCUT2D eigenvalue weighted by atomic mass is 9.95. The molecule has 0 spiro atoms. The van der Waals surface area contributed by atoms with E-state index in [-0.39, 0.29) is 0 Å². The molecular formula is C15H25NO. The average Bonchev–Trinajstić information content (AvgIpc) is 2.32. The lowest BCUT2D eigenvalue weighted by Crippen LogP contribution is -2.23. The number of hydrogen-bond acceptors (Lipinski definition) is 2. The Kier molecular flexibility index (Phi) is 6.23. The van der Waals surface area contributed by atoms with Gasteiger partial charge in [-0.1, -0.05) is 25.1 Å². The minimum atomic E-state index is 0.409. The van der Waals surface area contributed by atoms with Crippen LogP contribution < -0.4 is 5.32 Å². The van der Waals surface area contributed by atoms with E-state index in [9.17, 15) is 0 Å². The Bertz CT molecular complexity index is 336. The molecule has 0 saturated carbocycles. The van der Waals surface area contributed by atoms with Crippen molar-refractivity contribution in [2.75, 3.05) is 19.8 Å². The van der Waals surface area contributed by atoms with E-state index < -0.39 is 0 Å². The Balaban J connectivity index is 2.77. The minimum Gasteiger partial charge on any atom is -0.382 e. The van der Waals surface area contributed by atoms with Gasteiger partial charge in [0.1, 0.15) is 0 Å². The number of nitrogens with one attached hydrogen (secondary N) is 1. The second-order valence-corrected chi connectivity index (χ2v) is 4.38. The Morgan fingerprint density at radius 1 is 1.24 bits per heavy atom. The summed E-state index contributed by atoms with van der Waals surface area (Å²) in [6, 6.07) is 6.95. The molecule has 1 aromatic rings. The van der Waals surface area contributed by atoms with Gasteiger partial charge in [0.25, 0.3) is 0 Å². The van der Waals surface area contributed by atoms with Crippen molar-refractivity contribution < 1.29 is 4.74 Å². The maximum Gasteiger partial charge on any atom is 0.0484 e. The van der Waals surface area contributed by atoms with Crippen molar-refractivity contribution in [1.82, 2.24) is 5.32 Å². The standard InChI is InChI=1S/C15H25NO/c1-5-16-15(10-11-17-6-2)14-9-7-8-12(3)13(14)4/h7-9,15-16H,5-6,10-11H2,1-4H3. The largest absolute Gasteiger partial charge is 0.382 e. The first-order chi connectivity index (χ1) is 8.20. The zero-order chi connectivity index (χ0) is 12.7. The summed E-state index contributed by atoms with van der Waals surface area (Å²) in [7, 11) is 0. The molecule has 2 nitrogen and oxygen atoms in total. The van der Waals surface area contributed by atoms with Gasteiger partial charge in [0, 0.05) is 19.3 Å². The normalized spacial score (nSPS) is 12.7. The van der Waals surface area contributed by atoms with Crippen molar-refractivity contribution >= 4 is 0 Å². The van der Waals surface area contributed by atoms with Crippen LogP contribution in [0.4, 0.5) is 0 Å². The summed E-state index contributed by atoms with van der Waals surface area (Å²) in [4.78, 5) is 0. The fourth-order valence-corrected chi connectivity index (χ4v) is 2.11. The molecule has 0 aliphatic carbocycles. The van der Waals surface area contributed by atoms with Crippen LogP contribution in [0.15, 0.2) is 18.2 Å². The maximum absolute atomic E-state index is 5.46. The van der Waals surface area contributed by atoms with Crippen molar-refractivity contribution in [2.24, 2.45) is 0 Å². The highest BCUT2D eigenvalue weighted by atomic mass is 16.5. The molecule has 0 aliphatic heterocycles. The van der Waals surface area contributed by atoms with Crippen molar-refractivity contribution in [3.8, 4) is 0 Å². The zero-order valence-corrected chi connectivity index (χ0v) is 11.5. The molecule has 0 radical (unpaired) electrons. The molecule has 17 heavy (non-hydrogen) atoms. The fourth-order valence-electron chi connectivity index (χ4n) is 2.11. The van der Waals surface area contributed by atoms with Crippen LogP contribution in [0.1, 0.15) is 43.0 Å². The Hall–Kier alpha value is -0.860. The van der Waals surface area contributed by atoms with Gasteiger partial charge >= 0.3 is 0 Å². The van der Waals surface area contributed by atoms with E-state index >= 15 is 0 Å². The first-order valence-corrected chi connectivity index (χ1v) is 6.57. The molecule has 0 aromatic heterocycles. The predicted molar refractivity (Wildman–Crippen MR) is 73.4 cm³/mol. The van der Waals surface area contributed by atoms with Crippen molar-refractivity contribution in [3.05, 3.63) is 34.9 Å². The Morgan fingerprint density at radius 3 is 2.65 bits per heavy atom. The van der Waals surface area contributed by atoms with E-state index in [2.05, 4.69) is 44.3 Å². The lowest BCUT2D eigenvalue weighted by Gasteiger charge is -2.21. The molecule has 1 rings (SSSR count). The summed E-state index contributed by atoms with van der Waals surface area (Å²) in [5.41, 5.74) is 4.17. The first kappa shape index (κ1) is 14.2. The van der Waals surface area contributed by atoms with Gasteiger partial charge in [-0.2, -0.15) is 0 Å². The van der Waals surface area contributed by atoms with E-state index in [0.717, 1.165) is 26.2 Å². The Morgan fingerprint density at radius 2 is 2.00 bits per heavy atom. The summed E-state index contributed by atoms with van der Waals surface area (Å²) >= 11 is 0. The van der Waals surface area contributed by atoms with E-state index in [1.54, 1.807) is 0 Å². The van der Waals surface area contributed by atoms with Crippen LogP contribution in [0.3, 0.4) is 0 Å². The zero-order valence-electron chi connectivity index (χ0n) is 11.5. The van der Waals surface area contributed by atoms with E-state index in [4.69, 9.17) is 4.74 Å². The highest BCUT2D eigenvalue weighted by molar-refractivity contribution is 5.35. The summed E-state index contributed by atoms with van der Waals surface area (Å²) in [5.74, 6) is 0. The van der Waals surface area contributed by atoms with Crippen LogP contribution in [0.5, 0.6) is 0 Å². The summed E-state index contributed by atoms with van der Waals surface area (Å²) in [5, 5.41) is 3.55. The number of aryl methyl sites for hydroxylation is 1. The topological polar surface area (TPSA) is 21.3 Å². The highest BCUT2D eigenvalue weighted by Gasteiger charge is 2.13. The monoisotopic (exact) mass is 235 g/mol. The minimum absolute atomic E-state index is 0.409. The molecule has 2 heteroatoms. The van der Waals surface area contributed by atoms with Gasteiger partial charge in [0.15, 0.2) is 0 Å². The third kappa shape index (κ3) is 4.14. The molecular weight excluding hydrogens is 210 g/mol. The van der Waals surface area contributed by atoms with Gasteiger partial charge in [0.2, 0.25) is 0 Å². The van der Waals surface area contributed by atoms with Gasteiger partial charge in [-0.25, -0.2) is 0 Å². The van der Waals surface area contributed by atoms with Gasteiger partial charge in [-0.15, -0.1) is 0 Å². The molecule has 0 amide bonds. The van der Waals surface area contributed by atoms with E-state index in [0.29, 0.717) is 6.04 Å². The third-order valence-electron chi connectivity index (χ3n) is 3.23. The lowest BCUT2D eigenvalue weighted by molar-refractivity contribution is 0.136. The van der Waals surface area contributed by atoms with Crippen LogP contribution in [-0.4, -0.2) is 19.8 Å². The Labute approximate surface area is 105 Å². The summed E-state index contributed by atoms with van der Waals surface area (Å²) in [6.07, 6.45) is 1.03. The smallest absolute Gasteiger partial charge is 0.0484 e. The van der Waals surface area contributed by atoms with Gasteiger partial charge < -0.3 is 10.1 Å². The van der Waals surface area contributed by atoms with Crippen molar-refractivity contribution in [1.29, 1.82) is 0 Å².